The Morgan fingerprint density at radius 1 is 1.27 bits per heavy atom. The molecule has 146 valence electrons. The SMILES string of the molecule is CCCOc1ccc(CN=C(NCC)NCCCN2CCOCC2)cn1. The molecular formula is C19H33N5O2. The number of nitrogens with zero attached hydrogens (tertiary/aromatic N) is 3. The molecule has 0 bridgehead atoms. The van der Waals surface area contributed by atoms with Gasteiger partial charge < -0.3 is 20.1 Å². The molecule has 2 heterocycles. The lowest BCUT2D eigenvalue weighted by Gasteiger charge is -2.26. The second-order valence-corrected chi connectivity index (χ2v) is 6.28. The molecule has 0 unspecified atom stereocenters. The number of pyridine rings is 1. The van der Waals surface area contributed by atoms with Crippen LogP contribution in [0.2, 0.25) is 0 Å². The standard InChI is InChI=1S/C19H33N5O2/c1-3-12-26-18-7-6-17(15-22-18)16-23-19(20-4-2)21-8-5-9-24-10-13-25-14-11-24/h6-7,15H,3-5,8-14,16H2,1-2H3,(H2,20,21,23). The molecule has 1 aromatic heterocycles. The lowest BCUT2D eigenvalue weighted by atomic mass is 10.3. The van der Waals surface area contributed by atoms with Crippen molar-refractivity contribution in [1.82, 2.24) is 20.5 Å². The molecule has 0 saturated carbocycles. The highest BCUT2D eigenvalue weighted by molar-refractivity contribution is 5.79. The molecule has 1 aliphatic rings. The molecule has 1 aromatic rings. The van der Waals surface area contributed by atoms with Gasteiger partial charge in [0.15, 0.2) is 5.96 Å². The number of aromatic nitrogens is 1. The van der Waals surface area contributed by atoms with E-state index in [-0.39, 0.29) is 0 Å². The first-order valence-corrected chi connectivity index (χ1v) is 9.71. The summed E-state index contributed by atoms with van der Waals surface area (Å²) in [6.45, 7) is 12.1. The Balaban J connectivity index is 1.72. The molecule has 0 amide bonds. The summed E-state index contributed by atoms with van der Waals surface area (Å²) in [5.41, 5.74) is 1.07. The van der Waals surface area contributed by atoms with Gasteiger partial charge in [-0.2, -0.15) is 0 Å². The highest BCUT2D eigenvalue weighted by atomic mass is 16.5. The van der Waals surface area contributed by atoms with E-state index in [0.29, 0.717) is 19.0 Å². The maximum Gasteiger partial charge on any atom is 0.213 e. The maximum absolute atomic E-state index is 5.51. The molecular weight excluding hydrogens is 330 g/mol. The molecule has 1 saturated heterocycles. The van der Waals surface area contributed by atoms with E-state index in [1.165, 1.54) is 0 Å². The van der Waals surface area contributed by atoms with Crippen LogP contribution >= 0.6 is 0 Å². The molecule has 7 heteroatoms. The van der Waals surface area contributed by atoms with Crippen LogP contribution in [-0.2, 0) is 11.3 Å². The van der Waals surface area contributed by atoms with Crippen molar-refractivity contribution in [2.75, 3.05) is 52.5 Å². The number of rotatable bonds is 10. The molecule has 7 nitrogen and oxygen atoms in total. The average Bonchev–Trinajstić information content (AvgIpc) is 2.69. The largest absolute Gasteiger partial charge is 0.478 e. The lowest BCUT2D eigenvalue weighted by Crippen LogP contribution is -2.40. The first kappa shape index (κ1) is 20.5. The van der Waals surface area contributed by atoms with Gasteiger partial charge in [0.1, 0.15) is 0 Å². The topological polar surface area (TPSA) is 71.0 Å². The number of nitrogens with one attached hydrogen (secondary N) is 2. The summed E-state index contributed by atoms with van der Waals surface area (Å²) in [5.74, 6) is 1.52. The minimum absolute atomic E-state index is 0.597. The van der Waals surface area contributed by atoms with Crippen molar-refractivity contribution in [3.05, 3.63) is 23.9 Å². The van der Waals surface area contributed by atoms with Crippen LogP contribution in [0.15, 0.2) is 23.3 Å². The fourth-order valence-electron chi connectivity index (χ4n) is 2.64. The average molecular weight is 364 g/mol. The monoisotopic (exact) mass is 363 g/mol. The van der Waals surface area contributed by atoms with E-state index >= 15 is 0 Å². The van der Waals surface area contributed by atoms with Crippen LogP contribution in [0.4, 0.5) is 0 Å². The fourth-order valence-corrected chi connectivity index (χ4v) is 2.64. The van der Waals surface area contributed by atoms with Gasteiger partial charge in [-0.15, -0.1) is 0 Å². The van der Waals surface area contributed by atoms with Crippen LogP contribution < -0.4 is 15.4 Å². The van der Waals surface area contributed by atoms with E-state index in [1.807, 2.05) is 18.3 Å². The summed E-state index contributed by atoms with van der Waals surface area (Å²) in [7, 11) is 0. The van der Waals surface area contributed by atoms with Gasteiger partial charge in [-0.1, -0.05) is 13.0 Å². The Bertz CT molecular complexity index is 515. The number of morpholine rings is 1. The van der Waals surface area contributed by atoms with E-state index in [9.17, 15) is 0 Å². The van der Waals surface area contributed by atoms with E-state index in [4.69, 9.17) is 9.47 Å². The summed E-state index contributed by atoms with van der Waals surface area (Å²) in [6.07, 6.45) is 3.91. The first-order valence-electron chi connectivity index (χ1n) is 9.71. The zero-order valence-electron chi connectivity index (χ0n) is 16.2. The molecule has 0 aromatic carbocycles. The fraction of sp³-hybridized carbons (Fsp3) is 0.684. The third-order valence-corrected chi connectivity index (χ3v) is 4.06. The molecule has 1 aliphatic heterocycles. The Morgan fingerprint density at radius 3 is 2.81 bits per heavy atom. The van der Waals surface area contributed by atoms with Crippen molar-refractivity contribution in [2.24, 2.45) is 4.99 Å². The van der Waals surface area contributed by atoms with Gasteiger partial charge in [-0.05, 0) is 31.9 Å². The Labute approximate surface area is 157 Å². The van der Waals surface area contributed by atoms with Crippen molar-refractivity contribution in [2.45, 2.75) is 33.2 Å². The van der Waals surface area contributed by atoms with Crippen molar-refractivity contribution >= 4 is 5.96 Å². The van der Waals surface area contributed by atoms with Crippen LogP contribution in [0, 0.1) is 0 Å². The Hall–Kier alpha value is -1.86. The zero-order chi connectivity index (χ0) is 18.5. The second kappa shape index (κ2) is 12.5. The Kier molecular flexibility index (Phi) is 9.82. The van der Waals surface area contributed by atoms with Crippen molar-refractivity contribution < 1.29 is 9.47 Å². The van der Waals surface area contributed by atoms with Crippen LogP contribution in [-0.4, -0.2) is 68.4 Å². The van der Waals surface area contributed by atoms with Gasteiger partial charge >= 0.3 is 0 Å². The molecule has 0 aliphatic carbocycles. The van der Waals surface area contributed by atoms with Crippen molar-refractivity contribution in [1.29, 1.82) is 0 Å². The van der Waals surface area contributed by atoms with Crippen LogP contribution in [0.5, 0.6) is 5.88 Å². The quantitative estimate of drug-likeness (QED) is 0.374. The number of hydrogen-bond acceptors (Lipinski definition) is 5. The summed E-state index contributed by atoms with van der Waals surface area (Å²) in [6, 6.07) is 3.92. The third kappa shape index (κ3) is 8.01. The zero-order valence-corrected chi connectivity index (χ0v) is 16.2. The van der Waals surface area contributed by atoms with Gasteiger partial charge in [0.2, 0.25) is 5.88 Å². The van der Waals surface area contributed by atoms with Gasteiger partial charge in [0, 0.05) is 38.4 Å². The van der Waals surface area contributed by atoms with Gasteiger partial charge in [0.05, 0.1) is 26.4 Å². The number of guanidine groups is 1. The smallest absolute Gasteiger partial charge is 0.213 e. The van der Waals surface area contributed by atoms with Crippen LogP contribution in [0.3, 0.4) is 0 Å². The van der Waals surface area contributed by atoms with Crippen LogP contribution in [0.25, 0.3) is 0 Å². The predicted octanol–water partition coefficient (Wildman–Crippen LogP) is 1.65. The summed E-state index contributed by atoms with van der Waals surface area (Å²) in [5, 5.41) is 6.70. The van der Waals surface area contributed by atoms with E-state index in [2.05, 4.69) is 39.4 Å². The molecule has 26 heavy (non-hydrogen) atoms. The van der Waals surface area contributed by atoms with E-state index in [1.54, 1.807) is 0 Å². The number of ether oxygens (including phenoxy) is 2. The Morgan fingerprint density at radius 2 is 2.12 bits per heavy atom. The minimum atomic E-state index is 0.597. The highest BCUT2D eigenvalue weighted by Gasteiger charge is 2.09. The van der Waals surface area contributed by atoms with Gasteiger partial charge in [-0.25, -0.2) is 9.98 Å². The first-order chi connectivity index (χ1) is 12.8. The van der Waals surface area contributed by atoms with Crippen molar-refractivity contribution in [3.63, 3.8) is 0 Å². The summed E-state index contributed by atoms with van der Waals surface area (Å²) in [4.78, 5) is 11.4. The second-order valence-electron chi connectivity index (χ2n) is 6.28. The summed E-state index contributed by atoms with van der Waals surface area (Å²) < 4.78 is 10.9. The molecule has 1 fully saturated rings. The number of hydrogen-bond donors (Lipinski definition) is 2. The number of aliphatic imine (C=N–C) groups is 1. The normalized spacial score (nSPS) is 15.7. The molecule has 2 N–H and O–H groups in total. The molecule has 0 atom stereocenters. The molecule has 0 spiro atoms. The van der Waals surface area contributed by atoms with E-state index in [0.717, 1.165) is 70.3 Å². The van der Waals surface area contributed by atoms with Gasteiger partial charge in [0.25, 0.3) is 0 Å². The third-order valence-electron chi connectivity index (χ3n) is 4.06. The van der Waals surface area contributed by atoms with Crippen LogP contribution in [0.1, 0.15) is 32.3 Å². The summed E-state index contributed by atoms with van der Waals surface area (Å²) >= 11 is 0. The predicted molar refractivity (Wildman–Crippen MR) is 105 cm³/mol. The highest BCUT2D eigenvalue weighted by Crippen LogP contribution is 2.08. The molecule has 2 rings (SSSR count). The molecule has 0 radical (unpaired) electrons. The minimum Gasteiger partial charge on any atom is -0.478 e. The van der Waals surface area contributed by atoms with Gasteiger partial charge in [-0.3, -0.25) is 4.90 Å². The lowest BCUT2D eigenvalue weighted by molar-refractivity contribution is 0.0376. The maximum atomic E-state index is 5.51. The van der Waals surface area contributed by atoms with Crippen molar-refractivity contribution in [3.8, 4) is 5.88 Å². The van der Waals surface area contributed by atoms with E-state index < -0.39 is 0 Å².